The van der Waals surface area contributed by atoms with Crippen molar-refractivity contribution in [2.75, 3.05) is 13.3 Å². The van der Waals surface area contributed by atoms with Gasteiger partial charge in [0.15, 0.2) is 11.5 Å². The van der Waals surface area contributed by atoms with E-state index in [0.29, 0.717) is 11.5 Å². The molecule has 3 N–H and O–H groups in total. The Morgan fingerprint density at radius 2 is 2.10 bits per heavy atom. The van der Waals surface area contributed by atoms with Crippen LogP contribution in [0.1, 0.15) is 32.4 Å². The SMILES string of the molecule is CC(C)(C)OC(=O)NC[C@@H](N)c1ccc2c(c1)OCO2. The number of hydrogen-bond acceptors (Lipinski definition) is 5. The van der Waals surface area contributed by atoms with Crippen LogP contribution >= 0.6 is 0 Å². The van der Waals surface area contributed by atoms with Gasteiger partial charge in [-0.1, -0.05) is 6.07 Å². The van der Waals surface area contributed by atoms with Crippen molar-refractivity contribution in [2.45, 2.75) is 32.4 Å². The summed E-state index contributed by atoms with van der Waals surface area (Å²) >= 11 is 0. The summed E-state index contributed by atoms with van der Waals surface area (Å²) in [6, 6.07) is 5.15. The van der Waals surface area contributed by atoms with Crippen LogP contribution in [0.4, 0.5) is 4.79 Å². The third-order valence-corrected chi connectivity index (χ3v) is 2.69. The zero-order chi connectivity index (χ0) is 14.8. The average molecular weight is 280 g/mol. The zero-order valence-electron chi connectivity index (χ0n) is 11.9. The predicted octanol–water partition coefficient (Wildman–Crippen LogP) is 1.94. The lowest BCUT2D eigenvalue weighted by molar-refractivity contribution is 0.0524. The Hall–Kier alpha value is -1.95. The first-order chi connectivity index (χ1) is 9.35. The van der Waals surface area contributed by atoms with E-state index in [-0.39, 0.29) is 19.4 Å². The summed E-state index contributed by atoms with van der Waals surface area (Å²) in [5.41, 5.74) is 6.38. The zero-order valence-corrected chi connectivity index (χ0v) is 11.9. The number of carbonyl (C=O) groups excluding carboxylic acids is 1. The second kappa shape index (κ2) is 5.58. The number of ether oxygens (including phenoxy) is 3. The van der Waals surface area contributed by atoms with Gasteiger partial charge in [0.1, 0.15) is 5.60 Å². The molecule has 1 atom stereocenters. The van der Waals surface area contributed by atoms with Crippen molar-refractivity contribution in [3.05, 3.63) is 23.8 Å². The van der Waals surface area contributed by atoms with Crippen molar-refractivity contribution >= 4 is 6.09 Å². The molecule has 2 rings (SSSR count). The Morgan fingerprint density at radius 1 is 1.40 bits per heavy atom. The van der Waals surface area contributed by atoms with Gasteiger partial charge >= 0.3 is 6.09 Å². The maximum absolute atomic E-state index is 11.5. The first kappa shape index (κ1) is 14.5. The van der Waals surface area contributed by atoms with E-state index in [1.807, 2.05) is 39.0 Å². The van der Waals surface area contributed by atoms with Gasteiger partial charge in [-0.25, -0.2) is 4.79 Å². The summed E-state index contributed by atoms with van der Waals surface area (Å²) in [4.78, 5) is 11.5. The Balaban J connectivity index is 1.89. The molecule has 0 aliphatic carbocycles. The van der Waals surface area contributed by atoms with Crippen molar-refractivity contribution in [3.63, 3.8) is 0 Å². The van der Waals surface area contributed by atoms with Gasteiger partial charge in [0.2, 0.25) is 6.79 Å². The highest BCUT2D eigenvalue weighted by atomic mass is 16.7. The molecule has 0 saturated heterocycles. The monoisotopic (exact) mass is 280 g/mol. The molecule has 1 aromatic rings. The minimum atomic E-state index is -0.521. The van der Waals surface area contributed by atoms with E-state index in [1.165, 1.54) is 0 Å². The molecule has 6 heteroatoms. The lowest BCUT2D eigenvalue weighted by Crippen LogP contribution is -2.36. The molecule has 0 aromatic heterocycles. The molecular weight excluding hydrogens is 260 g/mol. The normalized spacial score (nSPS) is 14.8. The van der Waals surface area contributed by atoms with Gasteiger partial charge in [0.05, 0.1) is 0 Å². The molecule has 20 heavy (non-hydrogen) atoms. The van der Waals surface area contributed by atoms with E-state index < -0.39 is 11.7 Å². The largest absolute Gasteiger partial charge is 0.454 e. The molecule has 1 amide bonds. The first-order valence-electron chi connectivity index (χ1n) is 6.47. The van der Waals surface area contributed by atoms with Gasteiger partial charge in [-0.3, -0.25) is 0 Å². The number of rotatable bonds is 3. The van der Waals surface area contributed by atoms with E-state index in [1.54, 1.807) is 0 Å². The second-order valence-corrected chi connectivity index (χ2v) is 5.60. The Morgan fingerprint density at radius 3 is 2.80 bits per heavy atom. The van der Waals surface area contributed by atoms with Crippen molar-refractivity contribution in [2.24, 2.45) is 5.73 Å². The highest BCUT2D eigenvalue weighted by Crippen LogP contribution is 2.33. The molecule has 6 nitrogen and oxygen atoms in total. The summed E-state index contributed by atoms with van der Waals surface area (Å²) in [6.45, 7) is 5.94. The number of hydrogen-bond donors (Lipinski definition) is 2. The lowest BCUT2D eigenvalue weighted by Gasteiger charge is -2.21. The fourth-order valence-electron chi connectivity index (χ4n) is 1.77. The van der Waals surface area contributed by atoms with E-state index in [4.69, 9.17) is 19.9 Å². The van der Waals surface area contributed by atoms with Crippen LogP contribution in [0, 0.1) is 0 Å². The number of nitrogens with two attached hydrogens (primary N) is 1. The van der Waals surface area contributed by atoms with Crippen LogP contribution in [0.5, 0.6) is 11.5 Å². The average Bonchev–Trinajstić information content (AvgIpc) is 2.80. The highest BCUT2D eigenvalue weighted by Gasteiger charge is 2.18. The van der Waals surface area contributed by atoms with Crippen LogP contribution in [0.25, 0.3) is 0 Å². The number of nitrogens with one attached hydrogen (secondary N) is 1. The van der Waals surface area contributed by atoms with E-state index in [2.05, 4.69) is 5.32 Å². The number of fused-ring (bicyclic) bond motifs is 1. The molecule has 1 aliphatic heterocycles. The third kappa shape index (κ3) is 3.77. The molecule has 1 aromatic carbocycles. The first-order valence-corrected chi connectivity index (χ1v) is 6.47. The molecule has 110 valence electrons. The van der Waals surface area contributed by atoms with Crippen LogP contribution in [0.15, 0.2) is 18.2 Å². The Bertz CT molecular complexity index is 496. The maximum atomic E-state index is 11.5. The van der Waals surface area contributed by atoms with Gasteiger partial charge in [-0.15, -0.1) is 0 Å². The molecule has 0 unspecified atom stereocenters. The Labute approximate surface area is 118 Å². The summed E-state index contributed by atoms with van der Waals surface area (Å²) in [6.07, 6.45) is -0.478. The fourth-order valence-corrected chi connectivity index (χ4v) is 1.77. The van der Waals surface area contributed by atoms with Crippen molar-refractivity contribution < 1.29 is 19.0 Å². The summed E-state index contributed by atoms with van der Waals surface area (Å²) in [5, 5.41) is 2.65. The van der Waals surface area contributed by atoms with Crippen LogP contribution < -0.4 is 20.5 Å². The minimum Gasteiger partial charge on any atom is -0.454 e. The van der Waals surface area contributed by atoms with Gasteiger partial charge in [0.25, 0.3) is 0 Å². The fraction of sp³-hybridized carbons (Fsp3) is 0.500. The van der Waals surface area contributed by atoms with Gasteiger partial charge < -0.3 is 25.3 Å². The minimum absolute atomic E-state index is 0.226. The quantitative estimate of drug-likeness (QED) is 0.884. The smallest absolute Gasteiger partial charge is 0.407 e. The number of alkyl carbamates (subject to hydrolysis) is 1. The summed E-state index contributed by atoms with van der Waals surface area (Å²) in [7, 11) is 0. The van der Waals surface area contributed by atoms with Crippen molar-refractivity contribution in [1.82, 2.24) is 5.32 Å². The van der Waals surface area contributed by atoms with E-state index in [0.717, 1.165) is 5.56 Å². The summed E-state index contributed by atoms with van der Waals surface area (Å²) in [5.74, 6) is 1.39. The molecular formula is C14H20N2O4. The van der Waals surface area contributed by atoms with Gasteiger partial charge in [-0.2, -0.15) is 0 Å². The lowest BCUT2D eigenvalue weighted by atomic mass is 10.1. The van der Waals surface area contributed by atoms with Crippen LogP contribution in [0.2, 0.25) is 0 Å². The van der Waals surface area contributed by atoms with E-state index in [9.17, 15) is 4.79 Å². The number of benzene rings is 1. The molecule has 1 heterocycles. The second-order valence-electron chi connectivity index (χ2n) is 5.60. The maximum Gasteiger partial charge on any atom is 0.407 e. The van der Waals surface area contributed by atoms with E-state index >= 15 is 0 Å². The van der Waals surface area contributed by atoms with Crippen LogP contribution in [0.3, 0.4) is 0 Å². The third-order valence-electron chi connectivity index (χ3n) is 2.69. The molecule has 0 radical (unpaired) electrons. The van der Waals surface area contributed by atoms with Crippen molar-refractivity contribution in [1.29, 1.82) is 0 Å². The highest BCUT2D eigenvalue weighted by molar-refractivity contribution is 5.67. The molecule has 0 bridgehead atoms. The predicted molar refractivity (Wildman–Crippen MR) is 73.7 cm³/mol. The Kier molecular flexibility index (Phi) is 4.04. The molecule has 0 spiro atoms. The molecule has 0 saturated carbocycles. The standard InChI is InChI=1S/C14H20N2O4/c1-14(2,3)20-13(17)16-7-10(15)9-4-5-11-12(6-9)19-8-18-11/h4-6,10H,7-8,15H2,1-3H3,(H,16,17)/t10-/m1/s1. The van der Waals surface area contributed by atoms with Crippen LogP contribution in [-0.4, -0.2) is 25.0 Å². The van der Waals surface area contributed by atoms with Crippen LogP contribution in [-0.2, 0) is 4.74 Å². The topological polar surface area (TPSA) is 82.8 Å². The van der Waals surface area contributed by atoms with Crippen molar-refractivity contribution in [3.8, 4) is 11.5 Å². The number of amides is 1. The summed E-state index contributed by atoms with van der Waals surface area (Å²) < 4.78 is 15.7. The van der Waals surface area contributed by atoms with Gasteiger partial charge in [-0.05, 0) is 38.5 Å². The van der Waals surface area contributed by atoms with Gasteiger partial charge in [0, 0.05) is 12.6 Å². The number of carbonyl (C=O) groups is 1. The molecule has 0 fully saturated rings. The molecule has 1 aliphatic rings.